The molecular formula is C16H16O4. The summed E-state index contributed by atoms with van der Waals surface area (Å²) in [6, 6.07) is 13.4. The van der Waals surface area contributed by atoms with E-state index in [0.717, 1.165) is 34.8 Å². The maximum Gasteiger partial charge on any atom is 0.231 e. The number of hydrogen-bond donors (Lipinski definition) is 1. The molecule has 0 atom stereocenters. The van der Waals surface area contributed by atoms with Crippen LogP contribution in [0.5, 0.6) is 17.2 Å². The molecule has 0 saturated carbocycles. The zero-order valence-corrected chi connectivity index (χ0v) is 11.0. The van der Waals surface area contributed by atoms with Gasteiger partial charge in [0.2, 0.25) is 6.79 Å². The number of benzene rings is 2. The van der Waals surface area contributed by atoms with Gasteiger partial charge in [0, 0.05) is 6.42 Å². The Bertz CT molecular complexity index is 578. The molecule has 2 aromatic carbocycles. The first-order chi connectivity index (χ1) is 9.85. The van der Waals surface area contributed by atoms with E-state index in [1.807, 2.05) is 42.5 Å². The highest BCUT2D eigenvalue weighted by atomic mass is 16.7. The Hall–Kier alpha value is -2.20. The predicted octanol–water partition coefficient (Wildman–Crippen LogP) is 2.53. The molecule has 0 spiro atoms. The molecule has 0 saturated heterocycles. The fourth-order valence-corrected chi connectivity index (χ4v) is 2.07. The second-order valence-electron chi connectivity index (χ2n) is 4.59. The highest BCUT2D eigenvalue weighted by Gasteiger charge is 2.12. The maximum atomic E-state index is 8.97. The van der Waals surface area contributed by atoms with Crippen LogP contribution >= 0.6 is 0 Å². The quantitative estimate of drug-likeness (QED) is 0.908. The highest BCUT2D eigenvalue weighted by molar-refractivity contribution is 5.44. The van der Waals surface area contributed by atoms with Crippen LogP contribution in [-0.4, -0.2) is 18.5 Å². The molecule has 0 bridgehead atoms. The first-order valence-electron chi connectivity index (χ1n) is 6.56. The van der Waals surface area contributed by atoms with Crippen molar-refractivity contribution in [1.29, 1.82) is 0 Å². The summed E-state index contributed by atoms with van der Waals surface area (Å²) in [5.41, 5.74) is 2.04. The van der Waals surface area contributed by atoms with Gasteiger partial charge in [-0.15, -0.1) is 0 Å². The summed E-state index contributed by atoms with van der Waals surface area (Å²) in [4.78, 5) is 0. The van der Waals surface area contributed by atoms with Crippen LogP contribution in [0.4, 0.5) is 0 Å². The van der Waals surface area contributed by atoms with Gasteiger partial charge in [0.15, 0.2) is 11.5 Å². The van der Waals surface area contributed by atoms with E-state index in [9.17, 15) is 0 Å². The van der Waals surface area contributed by atoms with Crippen LogP contribution in [0, 0.1) is 0 Å². The first kappa shape index (κ1) is 12.8. The lowest BCUT2D eigenvalue weighted by molar-refractivity contribution is 0.174. The van der Waals surface area contributed by atoms with Gasteiger partial charge in [-0.05, 0) is 35.4 Å². The minimum atomic E-state index is 0.0531. The van der Waals surface area contributed by atoms with Crippen LogP contribution in [0.25, 0.3) is 0 Å². The maximum absolute atomic E-state index is 8.97. The molecule has 0 radical (unpaired) electrons. The Balaban J connectivity index is 1.54. The molecule has 4 heteroatoms. The van der Waals surface area contributed by atoms with Gasteiger partial charge in [0.25, 0.3) is 0 Å². The van der Waals surface area contributed by atoms with E-state index in [-0.39, 0.29) is 6.61 Å². The van der Waals surface area contributed by atoms with Crippen LogP contribution in [0.3, 0.4) is 0 Å². The van der Waals surface area contributed by atoms with Crippen molar-refractivity contribution in [2.75, 3.05) is 13.4 Å². The lowest BCUT2D eigenvalue weighted by Crippen LogP contribution is -2.01. The van der Waals surface area contributed by atoms with E-state index < -0.39 is 0 Å². The summed E-state index contributed by atoms with van der Waals surface area (Å²) >= 11 is 0. The molecule has 0 fully saturated rings. The standard InChI is InChI=1S/C16H16O4/c17-10-13-1-4-14(5-2-13)18-8-7-12-3-6-15-16(9-12)20-11-19-15/h1-6,9,17H,7-8,10-11H2. The molecule has 0 aliphatic carbocycles. The molecule has 4 nitrogen and oxygen atoms in total. The Morgan fingerprint density at radius 2 is 1.70 bits per heavy atom. The second-order valence-corrected chi connectivity index (χ2v) is 4.59. The van der Waals surface area contributed by atoms with E-state index >= 15 is 0 Å². The van der Waals surface area contributed by atoms with Crippen LogP contribution in [0.1, 0.15) is 11.1 Å². The fraction of sp³-hybridized carbons (Fsp3) is 0.250. The van der Waals surface area contributed by atoms with E-state index in [1.165, 1.54) is 0 Å². The van der Waals surface area contributed by atoms with Crippen molar-refractivity contribution >= 4 is 0 Å². The molecule has 1 N–H and O–H groups in total. The number of aliphatic hydroxyl groups excluding tert-OH is 1. The molecule has 3 rings (SSSR count). The average molecular weight is 272 g/mol. The molecule has 0 aromatic heterocycles. The molecule has 104 valence electrons. The van der Waals surface area contributed by atoms with Gasteiger partial charge in [0.1, 0.15) is 5.75 Å². The minimum Gasteiger partial charge on any atom is -0.493 e. The van der Waals surface area contributed by atoms with Crippen LogP contribution < -0.4 is 14.2 Å². The minimum absolute atomic E-state index is 0.0531. The third kappa shape index (κ3) is 2.86. The zero-order chi connectivity index (χ0) is 13.8. The molecular weight excluding hydrogens is 256 g/mol. The molecule has 1 aliphatic heterocycles. The van der Waals surface area contributed by atoms with Crippen molar-refractivity contribution < 1.29 is 19.3 Å². The lowest BCUT2D eigenvalue weighted by atomic mass is 10.1. The average Bonchev–Trinajstić information content (AvgIpc) is 2.95. The molecule has 2 aromatic rings. The smallest absolute Gasteiger partial charge is 0.231 e. The normalized spacial score (nSPS) is 12.4. The van der Waals surface area contributed by atoms with E-state index in [2.05, 4.69) is 0 Å². The Morgan fingerprint density at radius 1 is 0.950 bits per heavy atom. The molecule has 1 aliphatic rings. The third-order valence-electron chi connectivity index (χ3n) is 3.20. The van der Waals surface area contributed by atoms with Crippen molar-refractivity contribution in [3.63, 3.8) is 0 Å². The summed E-state index contributed by atoms with van der Waals surface area (Å²) < 4.78 is 16.3. The summed E-state index contributed by atoms with van der Waals surface area (Å²) in [6.07, 6.45) is 0.804. The van der Waals surface area contributed by atoms with Gasteiger partial charge in [-0.2, -0.15) is 0 Å². The largest absolute Gasteiger partial charge is 0.493 e. The first-order valence-corrected chi connectivity index (χ1v) is 6.56. The fourth-order valence-electron chi connectivity index (χ4n) is 2.07. The molecule has 0 unspecified atom stereocenters. The summed E-state index contributed by atoms with van der Waals surface area (Å²) in [7, 11) is 0. The van der Waals surface area contributed by atoms with Gasteiger partial charge in [-0.3, -0.25) is 0 Å². The molecule has 20 heavy (non-hydrogen) atoms. The SMILES string of the molecule is OCc1ccc(OCCc2ccc3c(c2)OCO3)cc1. The van der Waals surface area contributed by atoms with Crippen LogP contribution in [0.2, 0.25) is 0 Å². The van der Waals surface area contributed by atoms with E-state index in [1.54, 1.807) is 0 Å². The number of rotatable bonds is 5. The number of fused-ring (bicyclic) bond motifs is 1. The highest BCUT2D eigenvalue weighted by Crippen LogP contribution is 2.32. The second kappa shape index (κ2) is 5.84. The van der Waals surface area contributed by atoms with Gasteiger partial charge in [0.05, 0.1) is 13.2 Å². The van der Waals surface area contributed by atoms with Gasteiger partial charge in [-0.25, -0.2) is 0 Å². The van der Waals surface area contributed by atoms with Crippen LogP contribution in [-0.2, 0) is 13.0 Å². The Morgan fingerprint density at radius 3 is 2.50 bits per heavy atom. The van der Waals surface area contributed by atoms with Crippen LogP contribution in [0.15, 0.2) is 42.5 Å². The van der Waals surface area contributed by atoms with Crippen molar-refractivity contribution in [1.82, 2.24) is 0 Å². The lowest BCUT2D eigenvalue weighted by Gasteiger charge is -2.07. The van der Waals surface area contributed by atoms with Crippen molar-refractivity contribution in [3.05, 3.63) is 53.6 Å². The summed E-state index contributed by atoms with van der Waals surface area (Å²) in [5, 5.41) is 8.97. The van der Waals surface area contributed by atoms with E-state index in [4.69, 9.17) is 19.3 Å². The monoisotopic (exact) mass is 272 g/mol. The molecule has 1 heterocycles. The number of aliphatic hydroxyl groups is 1. The van der Waals surface area contributed by atoms with Gasteiger partial charge in [-0.1, -0.05) is 18.2 Å². The van der Waals surface area contributed by atoms with E-state index in [0.29, 0.717) is 13.4 Å². The van der Waals surface area contributed by atoms with Gasteiger partial charge < -0.3 is 19.3 Å². The number of ether oxygens (including phenoxy) is 3. The predicted molar refractivity (Wildman–Crippen MR) is 74.1 cm³/mol. The topological polar surface area (TPSA) is 47.9 Å². The van der Waals surface area contributed by atoms with Crippen molar-refractivity contribution in [3.8, 4) is 17.2 Å². The van der Waals surface area contributed by atoms with Crippen molar-refractivity contribution in [2.24, 2.45) is 0 Å². The summed E-state index contributed by atoms with van der Waals surface area (Å²) in [6.45, 7) is 0.947. The number of hydrogen-bond acceptors (Lipinski definition) is 4. The summed E-state index contributed by atoms with van der Waals surface area (Å²) in [5.74, 6) is 2.41. The zero-order valence-electron chi connectivity index (χ0n) is 11.0. The third-order valence-corrected chi connectivity index (χ3v) is 3.20. The molecule has 0 amide bonds. The van der Waals surface area contributed by atoms with Gasteiger partial charge >= 0.3 is 0 Å². The van der Waals surface area contributed by atoms with Crippen molar-refractivity contribution in [2.45, 2.75) is 13.0 Å². The Kier molecular flexibility index (Phi) is 3.74. The Labute approximate surface area is 117 Å².